The predicted molar refractivity (Wildman–Crippen MR) is 52.2 cm³/mol. The van der Waals surface area contributed by atoms with Gasteiger partial charge in [-0.15, -0.1) is 0 Å². The Kier molecular flexibility index (Phi) is 2.40. The molecule has 0 aromatic carbocycles. The summed E-state index contributed by atoms with van der Waals surface area (Å²) in [6.07, 6.45) is 7.30. The molecule has 2 heterocycles. The lowest BCUT2D eigenvalue weighted by molar-refractivity contribution is 0.0386. The highest BCUT2D eigenvalue weighted by atomic mass is 15.2. The first-order chi connectivity index (χ1) is 5.77. The zero-order valence-corrected chi connectivity index (χ0v) is 8.42. The van der Waals surface area contributed by atoms with Gasteiger partial charge in [-0.25, -0.2) is 0 Å². The van der Waals surface area contributed by atoms with Gasteiger partial charge in [0.1, 0.15) is 0 Å². The average molecular weight is 167 g/mol. The lowest BCUT2D eigenvalue weighted by atomic mass is 9.86. The molecule has 0 N–H and O–H groups in total. The molecule has 0 aromatic rings. The summed E-state index contributed by atoms with van der Waals surface area (Å²) in [5, 5.41) is 0. The van der Waals surface area contributed by atoms with Crippen LogP contribution in [0.3, 0.4) is 0 Å². The quantitative estimate of drug-likeness (QED) is 0.536. The summed E-state index contributed by atoms with van der Waals surface area (Å²) in [6, 6.07) is 1.82. The van der Waals surface area contributed by atoms with Gasteiger partial charge in [0.25, 0.3) is 0 Å². The van der Waals surface area contributed by atoms with Crippen LogP contribution in [0.5, 0.6) is 0 Å². The van der Waals surface area contributed by atoms with Crippen molar-refractivity contribution >= 4 is 0 Å². The van der Waals surface area contributed by atoms with Gasteiger partial charge in [-0.1, -0.05) is 13.3 Å². The Bertz CT molecular complexity index is 155. The summed E-state index contributed by atoms with van der Waals surface area (Å²) in [5.74, 6) is 0.946. The standard InChI is InChI=1S/C11H21N/c1-9-6-7-11-5-3-4-10(2)12(11)8-9/h9-11H,3-8H2,1-2H3. The van der Waals surface area contributed by atoms with Crippen molar-refractivity contribution in [2.24, 2.45) is 5.92 Å². The van der Waals surface area contributed by atoms with E-state index in [-0.39, 0.29) is 0 Å². The van der Waals surface area contributed by atoms with Gasteiger partial charge in [-0.05, 0) is 38.5 Å². The van der Waals surface area contributed by atoms with Crippen LogP contribution in [0.15, 0.2) is 0 Å². The van der Waals surface area contributed by atoms with Crippen LogP contribution in [0, 0.1) is 5.92 Å². The molecule has 2 saturated heterocycles. The Morgan fingerprint density at radius 1 is 1.00 bits per heavy atom. The van der Waals surface area contributed by atoms with Crippen molar-refractivity contribution in [3.8, 4) is 0 Å². The number of piperidine rings is 2. The van der Waals surface area contributed by atoms with E-state index in [4.69, 9.17) is 0 Å². The molecule has 0 spiro atoms. The van der Waals surface area contributed by atoms with Gasteiger partial charge in [0.2, 0.25) is 0 Å². The Hall–Kier alpha value is -0.0400. The summed E-state index contributed by atoms with van der Waals surface area (Å²) in [7, 11) is 0. The van der Waals surface area contributed by atoms with Gasteiger partial charge in [0.05, 0.1) is 0 Å². The van der Waals surface area contributed by atoms with Crippen LogP contribution in [0.1, 0.15) is 46.0 Å². The number of fused-ring (bicyclic) bond motifs is 1. The summed E-state index contributed by atoms with van der Waals surface area (Å²) in [6.45, 7) is 6.17. The van der Waals surface area contributed by atoms with Crippen molar-refractivity contribution in [1.82, 2.24) is 4.90 Å². The van der Waals surface area contributed by atoms with E-state index in [1.807, 2.05) is 0 Å². The molecule has 0 amide bonds. The highest BCUT2D eigenvalue weighted by Crippen LogP contribution is 2.31. The second kappa shape index (κ2) is 3.37. The van der Waals surface area contributed by atoms with Gasteiger partial charge < -0.3 is 0 Å². The molecule has 0 radical (unpaired) electrons. The molecule has 70 valence electrons. The third-order valence-corrected chi connectivity index (χ3v) is 3.71. The summed E-state index contributed by atoms with van der Waals surface area (Å²) in [4.78, 5) is 2.76. The first-order valence-corrected chi connectivity index (χ1v) is 5.53. The molecule has 3 atom stereocenters. The average Bonchev–Trinajstić information content (AvgIpc) is 2.07. The molecule has 1 nitrogen and oxygen atoms in total. The molecular formula is C11H21N. The van der Waals surface area contributed by atoms with E-state index < -0.39 is 0 Å². The second-order valence-electron chi connectivity index (χ2n) is 4.81. The molecule has 1 heteroatoms. The van der Waals surface area contributed by atoms with Crippen molar-refractivity contribution in [3.63, 3.8) is 0 Å². The number of hydrogen-bond acceptors (Lipinski definition) is 1. The van der Waals surface area contributed by atoms with Crippen LogP contribution < -0.4 is 0 Å². The smallest absolute Gasteiger partial charge is 0.00983 e. The van der Waals surface area contributed by atoms with E-state index in [0.29, 0.717) is 0 Å². The van der Waals surface area contributed by atoms with E-state index in [1.165, 1.54) is 38.6 Å². The fourth-order valence-electron chi connectivity index (χ4n) is 2.91. The van der Waals surface area contributed by atoms with Crippen LogP contribution >= 0.6 is 0 Å². The maximum atomic E-state index is 2.76. The lowest BCUT2D eigenvalue weighted by Crippen LogP contribution is -2.50. The third kappa shape index (κ3) is 1.52. The molecular weight excluding hydrogens is 146 g/mol. The molecule has 2 aliphatic rings. The van der Waals surface area contributed by atoms with Crippen LogP contribution in [-0.4, -0.2) is 23.5 Å². The predicted octanol–water partition coefficient (Wildman–Crippen LogP) is 2.66. The minimum absolute atomic E-state index is 0.867. The monoisotopic (exact) mass is 167 g/mol. The van der Waals surface area contributed by atoms with E-state index in [0.717, 1.165) is 18.0 Å². The van der Waals surface area contributed by atoms with Crippen LogP contribution in [0.4, 0.5) is 0 Å². The Morgan fingerprint density at radius 3 is 2.67 bits per heavy atom. The molecule has 0 bridgehead atoms. The van der Waals surface area contributed by atoms with Gasteiger partial charge in [0, 0.05) is 18.6 Å². The maximum Gasteiger partial charge on any atom is 0.00983 e. The van der Waals surface area contributed by atoms with E-state index in [1.54, 1.807) is 0 Å². The molecule has 12 heavy (non-hydrogen) atoms. The fourth-order valence-corrected chi connectivity index (χ4v) is 2.91. The number of rotatable bonds is 0. The van der Waals surface area contributed by atoms with Gasteiger partial charge in [0.15, 0.2) is 0 Å². The van der Waals surface area contributed by atoms with Crippen LogP contribution in [-0.2, 0) is 0 Å². The Balaban J connectivity index is 2.00. The van der Waals surface area contributed by atoms with E-state index in [2.05, 4.69) is 18.7 Å². The Morgan fingerprint density at radius 2 is 1.83 bits per heavy atom. The highest BCUT2D eigenvalue weighted by molar-refractivity contribution is 4.86. The summed E-state index contributed by atoms with van der Waals surface area (Å²) < 4.78 is 0. The molecule has 0 saturated carbocycles. The van der Waals surface area contributed by atoms with Crippen molar-refractivity contribution in [2.75, 3.05) is 6.54 Å². The number of nitrogens with zero attached hydrogens (tertiary/aromatic N) is 1. The topological polar surface area (TPSA) is 3.24 Å². The second-order valence-corrected chi connectivity index (χ2v) is 4.81. The summed E-state index contributed by atoms with van der Waals surface area (Å²) in [5.41, 5.74) is 0. The zero-order chi connectivity index (χ0) is 8.55. The third-order valence-electron chi connectivity index (χ3n) is 3.71. The first kappa shape index (κ1) is 8.55. The molecule has 3 unspecified atom stereocenters. The SMILES string of the molecule is CC1CCC2CCCC(C)N2C1. The van der Waals surface area contributed by atoms with E-state index in [9.17, 15) is 0 Å². The molecule has 2 aliphatic heterocycles. The highest BCUT2D eigenvalue weighted by Gasteiger charge is 2.31. The lowest BCUT2D eigenvalue weighted by Gasteiger charge is -2.45. The molecule has 2 fully saturated rings. The minimum Gasteiger partial charge on any atom is -0.297 e. The van der Waals surface area contributed by atoms with E-state index >= 15 is 0 Å². The van der Waals surface area contributed by atoms with Crippen molar-refractivity contribution in [1.29, 1.82) is 0 Å². The van der Waals surface area contributed by atoms with Crippen molar-refractivity contribution in [2.45, 2.75) is 58.0 Å². The van der Waals surface area contributed by atoms with Gasteiger partial charge >= 0.3 is 0 Å². The first-order valence-electron chi connectivity index (χ1n) is 5.53. The van der Waals surface area contributed by atoms with Gasteiger partial charge in [-0.2, -0.15) is 0 Å². The molecule has 0 aliphatic carbocycles. The zero-order valence-electron chi connectivity index (χ0n) is 8.42. The number of hydrogen-bond donors (Lipinski definition) is 0. The summed E-state index contributed by atoms with van der Waals surface area (Å²) >= 11 is 0. The van der Waals surface area contributed by atoms with Crippen molar-refractivity contribution < 1.29 is 0 Å². The molecule has 0 aromatic heterocycles. The molecule has 2 rings (SSSR count). The Labute approximate surface area is 76.1 Å². The van der Waals surface area contributed by atoms with Gasteiger partial charge in [-0.3, -0.25) is 4.90 Å². The van der Waals surface area contributed by atoms with Crippen molar-refractivity contribution in [3.05, 3.63) is 0 Å². The fraction of sp³-hybridized carbons (Fsp3) is 1.00. The normalized spacial score (nSPS) is 44.0. The maximum absolute atomic E-state index is 2.76. The van der Waals surface area contributed by atoms with Crippen LogP contribution in [0.25, 0.3) is 0 Å². The minimum atomic E-state index is 0.867. The largest absolute Gasteiger partial charge is 0.297 e. The van der Waals surface area contributed by atoms with Crippen LogP contribution in [0.2, 0.25) is 0 Å².